The molecule has 0 atom stereocenters. The van der Waals surface area contributed by atoms with E-state index in [1.54, 1.807) is 23.9 Å². The monoisotopic (exact) mass is 414 g/mol. The van der Waals surface area contributed by atoms with Gasteiger partial charge in [-0.05, 0) is 47.2 Å². The molecule has 0 unspecified atom stereocenters. The van der Waals surface area contributed by atoms with Gasteiger partial charge in [0.25, 0.3) is 0 Å². The average Bonchev–Trinajstić information content (AvgIpc) is 3.42. The van der Waals surface area contributed by atoms with Crippen LogP contribution in [0.4, 0.5) is 0 Å². The maximum Gasteiger partial charge on any atom is 0.108 e. The number of thiophene rings is 1. The van der Waals surface area contributed by atoms with Gasteiger partial charge in [-0.1, -0.05) is 35.9 Å². The molecule has 3 heterocycles. The minimum Gasteiger partial charge on any atom is -0.296 e. The molecular weight excluding hydrogens is 400 g/mol. The van der Waals surface area contributed by atoms with E-state index in [2.05, 4.69) is 45.7 Å². The van der Waals surface area contributed by atoms with Crippen molar-refractivity contribution in [3.8, 4) is 22.2 Å². The summed E-state index contributed by atoms with van der Waals surface area (Å²) in [7, 11) is 0. The van der Waals surface area contributed by atoms with Crippen molar-refractivity contribution in [1.29, 1.82) is 5.26 Å². The van der Waals surface area contributed by atoms with E-state index in [0.717, 1.165) is 38.8 Å². The van der Waals surface area contributed by atoms with Crippen LogP contribution in [0.2, 0.25) is 5.02 Å². The van der Waals surface area contributed by atoms with E-state index in [-0.39, 0.29) is 0 Å². The molecule has 0 bridgehead atoms. The molecule has 0 aliphatic rings. The summed E-state index contributed by atoms with van der Waals surface area (Å²) in [6.07, 6.45) is 4.66. The molecule has 0 N–H and O–H groups in total. The van der Waals surface area contributed by atoms with Crippen molar-refractivity contribution >= 4 is 44.9 Å². The standard InChI is InChI=1S/C23H15ClN4S/c24-18-6-1-4-15(5-2-10-25)22(18)28-14-27-20-13-26-19-9-8-16(12-17(19)23(20)28)21-7-3-11-29-21/h1,3-4,6-9,11-14H,2,5H2. The first-order valence-electron chi connectivity index (χ1n) is 9.20. The van der Waals surface area contributed by atoms with Crippen LogP contribution in [0.1, 0.15) is 12.0 Å². The lowest BCUT2D eigenvalue weighted by Crippen LogP contribution is -2.00. The molecule has 2 aromatic carbocycles. The molecule has 0 aliphatic heterocycles. The number of fused-ring (bicyclic) bond motifs is 3. The summed E-state index contributed by atoms with van der Waals surface area (Å²) in [5.74, 6) is 0. The third kappa shape index (κ3) is 3.07. The van der Waals surface area contributed by atoms with Crippen molar-refractivity contribution in [2.24, 2.45) is 0 Å². The lowest BCUT2D eigenvalue weighted by Gasteiger charge is -2.13. The van der Waals surface area contributed by atoms with Crippen LogP contribution in [0.25, 0.3) is 38.1 Å². The smallest absolute Gasteiger partial charge is 0.108 e. The molecule has 0 fully saturated rings. The molecular formula is C23H15ClN4S. The van der Waals surface area contributed by atoms with Gasteiger partial charge in [-0.15, -0.1) is 11.3 Å². The molecule has 0 spiro atoms. The fourth-order valence-corrected chi connectivity index (χ4v) is 4.69. The van der Waals surface area contributed by atoms with Gasteiger partial charge in [0.05, 0.1) is 34.0 Å². The molecule has 6 heteroatoms. The summed E-state index contributed by atoms with van der Waals surface area (Å²) < 4.78 is 2.03. The predicted octanol–water partition coefficient (Wildman–Crippen LogP) is 6.41. The minimum absolute atomic E-state index is 0.435. The first kappa shape index (κ1) is 17.9. The van der Waals surface area contributed by atoms with Gasteiger partial charge in [0, 0.05) is 16.7 Å². The maximum absolute atomic E-state index is 9.04. The van der Waals surface area contributed by atoms with Gasteiger partial charge < -0.3 is 0 Å². The highest BCUT2D eigenvalue weighted by molar-refractivity contribution is 7.13. The maximum atomic E-state index is 9.04. The number of halogens is 1. The Hall–Kier alpha value is -3.20. The zero-order valence-corrected chi connectivity index (χ0v) is 16.9. The first-order valence-corrected chi connectivity index (χ1v) is 10.5. The molecule has 0 aliphatic carbocycles. The fraction of sp³-hybridized carbons (Fsp3) is 0.0870. The van der Waals surface area contributed by atoms with Crippen LogP contribution >= 0.6 is 22.9 Å². The van der Waals surface area contributed by atoms with Crippen LogP contribution in [-0.2, 0) is 6.42 Å². The average molecular weight is 415 g/mol. The number of imidazole rings is 1. The second kappa shape index (κ2) is 7.32. The van der Waals surface area contributed by atoms with Gasteiger partial charge >= 0.3 is 0 Å². The summed E-state index contributed by atoms with van der Waals surface area (Å²) in [6, 6.07) is 18.5. The lowest BCUT2D eigenvalue weighted by molar-refractivity contribution is 0.970. The molecule has 0 saturated carbocycles. The molecule has 0 saturated heterocycles. The normalized spacial score (nSPS) is 11.2. The second-order valence-electron chi connectivity index (χ2n) is 6.72. The number of nitrogens with zero attached hydrogens (tertiary/aromatic N) is 4. The number of para-hydroxylation sites is 1. The SMILES string of the molecule is N#CCCc1cccc(Cl)c1-n1cnc2cnc3ccc(-c4cccs4)cc3c21. The molecule has 5 aromatic rings. The van der Waals surface area contributed by atoms with Crippen molar-refractivity contribution in [2.75, 3.05) is 0 Å². The summed E-state index contributed by atoms with van der Waals surface area (Å²) in [5.41, 5.74) is 5.74. The number of benzene rings is 2. The molecule has 4 nitrogen and oxygen atoms in total. The van der Waals surface area contributed by atoms with Crippen LogP contribution in [0, 0.1) is 11.3 Å². The number of hydrogen-bond donors (Lipinski definition) is 0. The molecule has 5 rings (SSSR count). The van der Waals surface area contributed by atoms with E-state index < -0.39 is 0 Å². The van der Waals surface area contributed by atoms with Crippen LogP contribution in [0.15, 0.2) is 66.4 Å². The Morgan fingerprint density at radius 1 is 1.07 bits per heavy atom. The van der Waals surface area contributed by atoms with Crippen molar-refractivity contribution in [3.05, 3.63) is 77.0 Å². The number of pyridine rings is 1. The van der Waals surface area contributed by atoms with E-state index in [1.807, 2.05) is 28.8 Å². The van der Waals surface area contributed by atoms with Gasteiger partial charge in [0.15, 0.2) is 0 Å². The summed E-state index contributed by atoms with van der Waals surface area (Å²) in [6.45, 7) is 0. The second-order valence-corrected chi connectivity index (χ2v) is 8.08. The highest BCUT2D eigenvalue weighted by Gasteiger charge is 2.16. The number of hydrogen-bond acceptors (Lipinski definition) is 4. The van der Waals surface area contributed by atoms with Crippen molar-refractivity contribution in [2.45, 2.75) is 12.8 Å². The fourth-order valence-electron chi connectivity index (χ4n) is 3.68. The topological polar surface area (TPSA) is 54.5 Å². The Kier molecular flexibility index (Phi) is 4.51. The number of aryl methyl sites for hydroxylation is 1. The van der Waals surface area contributed by atoms with E-state index in [0.29, 0.717) is 17.9 Å². The van der Waals surface area contributed by atoms with Crippen LogP contribution < -0.4 is 0 Å². The van der Waals surface area contributed by atoms with Crippen molar-refractivity contribution in [1.82, 2.24) is 14.5 Å². The number of aromatic nitrogens is 3. The largest absolute Gasteiger partial charge is 0.296 e. The summed E-state index contributed by atoms with van der Waals surface area (Å²) in [5, 5.41) is 12.8. The van der Waals surface area contributed by atoms with E-state index in [9.17, 15) is 0 Å². The van der Waals surface area contributed by atoms with Gasteiger partial charge in [0.2, 0.25) is 0 Å². The Labute approximate surface area is 176 Å². The number of rotatable bonds is 4. The zero-order valence-electron chi connectivity index (χ0n) is 15.3. The van der Waals surface area contributed by atoms with E-state index in [4.69, 9.17) is 16.9 Å². The lowest BCUT2D eigenvalue weighted by atomic mass is 10.1. The van der Waals surface area contributed by atoms with Crippen molar-refractivity contribution in [3.63, 3.8) is 0 Å². The molecule has 29 heavy (non-hydrogen) atoms. The third-order valence-electron chi connectivity index (χ3n) is 5.00. The zero-order chi connectivity index (χ0) is 19.8. The van der Waals surface area contributed by atoms with Gasteiger partial charge in [-0.3, -0.25) is 9.55 Å². The predicted molar refractivity (Wildman–Crippen MR) is 119 cm³/mol. The van der Waals surface area contributed by atoms with Gasteiger partial charge in [0.1, 0.15) is 11.8 Å². The molecule has 3 aromatic heterocycles. The quantitative estimate of drug-likeness (QED) is 0.341. The van der Waals surface area contributed by atoms with Gasteiger partial charge in [-0.25, -0.2) is 4.98 Å². The van der Waals surface area contributed by atoms with E-state index in [1.165, 1.54) is 4.88 Å². The molecule has 140 valence electrons. The minimum atomic E-state index is 0.435. The Morgan fingerprint density at radius 3 is 2.83 bits per heavy atom. The number of nitriles is 1. The molecule has 0 amide bonds. The van der Waals surface area contributed by atoms with Crippen molar-refractivity contribution < 1.29 is 0 Å². The Morgan fingerprint density at radius 2 is 2.00 bits per heavy atom. The first-order chi connectivity index (χ1) is 14.3. The van der Waals surface area contributed by atoms with Gasteiger partial charge in [-0.2, -0.15) is 5.26 Å². The third-order valence-corrected chi connectivity index (χ3v) is 6.22. The van der Waals surface area contributed by atoms with Crippen LogP contribution in [-0.4, -0.2) is 14.5 Å². The highest BCUT2D eigenvalue weighted by atomic mass is 35.5. The van der Waals surface area contributed by atoms with E-state index >= 15 is 0 Å². The Bertz CT molecular complexity index is 1380. The van der Waals surface area contributed by atoms with Crippen LogP contribution in [0.3, 0.4) is 0 Å². The summed E-state index contributed by atoms with van der Waals surface area (Å²) >= 11 is 8.33. The van der Waals surface area contributed by atoms with Crippen LogP contribution in [0.5, 0.6) is 0 Å². The molecule has 0 radical (unpaired) electrons. The Balaban J connectivity index is 1.80. The highest BCUT2D eigenvalue weighted by Crippen LogP contribution is 2.34. The summed E-state index contributed by atoms with van der Waals surface area (Å²) in [4.78, 5) is 10.4.